The van der Waals surface area contributed by atoms with Gasteiger partial charge in [-0.25, -0.2) is 0 Å². The van der Waals surface area contributed by atoms with E-state index in [4.69, 9.17) is 0 Å². The van der Waals surface area contributed by atoms with E-state index in [-0.39, 0.29) is 0 Å². The van der Waals surface area contributed by atoms with Crippen molar-refractivity contribution in [3.05, 3.63) is 243 Å². The van der Waals surface area contributed by atoms with Crippen LogP contribution < -0.4 is 4.90 Å². The zero-order chi connectivity index (χ0) is 39.8. The van der Waals surface area contributed by atoms with E-state index in [9.17, 15) is 0 Å². The van der Waals surface area contributed by atoms with Crippen molar-refractivity contribution < 1.29 is 0 Å². The molecular formula is C58H40N2. The second kappa shape index (κ2) is 15.1. The van der Waals surface area contributed by atoms with Crippen molar-refractivity contribution in [3.63, 3.8) is 0 Å². The van der Waals surface area contributed by atoms with E-state index in [0.717, 1.165) is 28.3 Å². The predicted molar refractivity (Wildman–Crippen MR) is 255 cm³/mol. The minimum atomic E-state index is 1.08. The fraction of sp³-hybridized carbons (Fsp3) is 0. The minimum absolute atomic E-state index is 1.08. The van der Waals surface area contributed by atoms with E-state index < -0.39 is 0 Å². The maximum absolute atomic E-state index is 2.48. The smallest absolute Gasteiger partial charge is 0.0562 e. The van der Waals surface area contributed by atoms with Crippen LogP contribution in [0.15, 0.2) is 243 Å². The summed E-state index contributed by atoms with van der Waals surface area (Å²) < 4.78 is 2.48. The summed E-state index contributed by atoms with van der Waals surface area (Å²) in [5.41, 5.74) is 16.2. The number of benzene rings is 10. The van der Waals surface area contributed by atoms with Crippen LogP contribution in [-0.4, -0.2) is 4.57 Å². The van der Waals surface area contributed by atoms with Gasteiger partial charge >= 0.3 is 0 Å². The Labute approximate surface area is 350 Å². The SMILES string of the molecule is c1ccc(-c2ccc(N(c3ccc4c5ccccc5n(-c5ccc(-c6cccc7ccccc67)cc5-c5ccccc5)c4c3)c3ccccc3-c3ccccc3)cc2)cc1. The summed E-state index contributed by atoms with van der Waals surface area (Å²) in [5, 5.41) is 4.92. The lowest BCUT2D eigenvalue weighted by atomic mass is 9.94. The number of anilines is 3. The quantitative estimate of drug-likeness (QED) is 0.150. The maximum Gasteiger partial charge on any atom is 0.0562 e. The van der Waals surface area contributed by atoms with Crippen molar-refractivity contribution in [2.24, 2.45) is 0 Å². The van der Waals surface area contributed by atoms with Gasteiger partial charge in [0.25, 0.3) is 0 Å². The van der Waals surface area contributed by atoms with E-state index in [1.165, 1.54) is 71.6 Å². The number of hydrogen-bond acceptors (Lipinski definition) is 1. The Morgan fingerprint density at radius 1 is 0.283 bits per heavy atom. The molecule has 0 unspecified atom stereocenters. The van der Waals surface area contributed by atoms with Gasteiger partial charge in [-0.3, -0.25) is 0 Å². The van der Waals surface area contributed by atoms with Gasteiger partial charge in [-0.05, 0) is 92.7 Å². The molecule has 282 valence electrons. The first-order chi connectivity index (χ1) is 29.8. The highest BCUT2D eigenvalue weighted by Crippen LogP contribution is 2.45. The third kappa shape index (κ3) is 6.23. The van der Waals surface area contributed by atoms with E-state index in [1.807, 2.05) is 0 Å². The average Bonchev–Trinajstić information content (AvgIpc) is 3.66. The van der Waals surface area contributed by atoms with Gasteiger partial charge in [0.15, 0.2) is 0 Å². The van der Waals surface area contributed by atoms with E-state index >= 15 is 0 Å². The summed E-state index contributed by atoms with van der Waals surface area (Å²) in [5.74, 6) is 0. The highest BCUT2D eigenvalue weighted by atomic mass is 15.1. The largest absolute Gasteiger partial charge is 0.310 e. The van der Waals surface area contributed by atoms with Crippen LogP contribution in [0.3, 0.4) is 0 Å². The van der Waals surface area contributed by atoms with Crippen molar-refractivity contribution in [3.8, 4) is 50.2 Å². The first kappa shape index (κ1) is 35.2. The zero-order valence-electron chi connectivity index (χ0n) is 33.0. The van der Waals surface area contributed by atoms with Gasteiger partial charge in [0.1, 0.15) is 0 Å². The Morgan fingerprint density at radius 2 is 0.817 bits per heavy atom. The molecule has 0 spiro atoms. The molecule has 0 radical (unpaired) electrons. The molecule has 0 saturated carbocycles. The van der Waals surface area contributed by atoms with Crippen LogP contribution in [0, 0.1) is 0 Å². The Kier molecular flexibility index (Phi) is 8.87. The van der Waals surface area contributed by atoms with Crippen LogP contribution in [-0.2, 0) is 0 Å². The maximum atomic E-state index is 2.48. The molecule has 0 amide bonds. The summed E-state index contributed by atoms with van der Waals surface area (Å²) in [7, 11) is 0. The van der Waals surface area contributed by atoms with Crippen molar-refractivity contribution in [2.45, 2.75) is 0 Å². The normalized spacial score (nSPS) is 11.3. The molecule has 1 aromatic heterocycles. The lowest BCUT2D eigenvalue weighted by molar-refractivity contribution is 1.18. The van der Waals surface area contributed by atoms with Crippen LogP contribution >= 0.6 is 0 Å². The number of hydrogen-bond donors (Lipinski definition) is 0. The standard InChI is InChI=1S/C58H40N2/c1-4-17-41(18-5-1)42-31-34-47(35-32-42)59(55-29-14-12-26-51(55)44-19-6-2-7-20-44)48-36-37-53-52-27-13-15-30-56(52)60(58(53)40-48)57-38-33-46(39-54(57)45-21-8-3-9-22-45)50-28-16-24-43-23-10-11-25-49(43)50/h1-40H. The van der Waals surface area contributed by atoms with E-state index in [2.05, 4.69) is 252 Å². The molecule has 60 heavy (non-hydrogen) atoms. The summed E-state index contributed by atoms with van der Waals surface area (Å²) in [4.78, 5) is 2.42. The molecule has 2 heteroatoms. The van der Waals surface area contributed by atoms with Crippen LogP contribution in [0.5, 0.6) is 0 Å². The lowest BCUT2D eigenvalue weighted by Crippen LogP contribution is -2.11. The number of rotatable bonds is 8. The predicted octanol–water partition coefficient (Wildman–Crippen LogP) is 16.1. The molecule has 0 saturated heterocycles. The van der Waals surface area contributed by atoms with Crippen molar-refractivity contribution in [1.82, 2.24) is 4.57 Å². The molecule has 11 rings (SSSR count). The second-order valence-electron chi connectivity index (χ2n) is 15.3. The molecule has 2 nitrogen and oxygen atoms in total. The lowest BCUT2D eigenvalue weighted by Gasteiger charge is -2.28. The molecule has 0 aliphatic heterocycles. The van der Waals surface area contributed by atoms with Crippen LogP contribution in [0.2, 0.25) is 0 Å². The van der Waals surface area contributed by atoms with Crippen LogP contribution in [0.25, 0.3) is 82.8 Å². The second-order valence-corrected chi connectivity index (χ2v) is 15.3. The molecule has 0 N–H and O–H groups in total. The molecule has 0 bridgehead atoms. The third-order valence-corrected chi connectivity index (χ3v) is 11.8. The Balaban J connectivity index is 1.15. The molecule has 0 aliphatic rings. The monoisotopic (exact) mass is 764 g/mol. The minimum Gasteiger partial charge on any atom is -0.310 e. The Bertz CT molecular complexity index is 3290. The first-order valence-electron chi connectivity index (χ1n) is 20.6. The van der Waals surface area contributed by atoms with Gasteiger partial charge in [0.2, 0.25) is 0 Å². The van der Waals surface area contributed by atoms with Crippen LogP contribution in [0.1, 0.15) is 0 Å². The van der Waals surface area contributed by atoms with E-state index in [0.29, 0.717) is 0 Å². The van der Waals surface area contributed by atoms with Crippen molar-refractivity contribution >= 4 is 49.6 Å². The Morgan fingerprint density at radius 3 is 1.58 bits per heavy atom. The highest BCUT2D eigenvalue weighted by molar-refractivity contribution is 6.11. The van der Waals surface area contributed by atoms with Gasteiger partial charge in [-0.15, -0.1) is 0 Å². The fourth-order valence-electron chi connectivity index (χ4n) is 8.97. The van der Waals surface area contributed by atoms with Gasteiger partial charge in [0, 0.05) is 33.3 Å². The highest BCUT2D eigenvalue weighted by Gasteiger charge is 2.22. The third-order valence-electron chi connectivity index (χ3n) is 11.8. The number of para-hydroxylation sites is 2. The van der Waals surface area contributed by atoms with Crippen LogP contribution in [0.4, 0.5) is 17.1 Å². The number of nitrogens with zero attached hydrogens (tertiary/aromatic N) is 2. The van der Waals surface area contributed by atoms with E-state index in [1.54, 1.807) is 0 Å². The molecule has 1 heterocycles. The number of aromatic nitrogens is 1. The van der Waals surface area contributed by atoms with Crippen molar-refractivity contribution in [2.75, 3.05) is 4.90 Å². The molecule has 11 aromatic rings. The average molecular weight is 765 g/mol. The van der Waals surface area contributed by atoms with Crippen molar-refractivity contribution in [1.29, 1.82) is 0 Å². The zero-order valence-corrected chi connectivity index (χ0v) is 33.0. The Hall–Kier alpha value is -7.94. The number of fused-ring (bicyclic) bond motifs is 4. The molecule has 0 aliphatic carbocycles. The molecule has 0 fully saturated rings. The molecule has 10 aromatic carbocycles. The topological polar surface area (TPSA) is 8.17 Å². The molecule has 0 atom stereocenters. The summed E-state index contributed by atoms with van der Waals surface area (Å²) in [6, 6.07) is 87.9. The fourth-order valence-corrected chi connectivity index (χ4v) is 8.97. The van der Waals surface area contributed by atoms with Gasteiger partial charge in [-0.2, -0.15) is 0 Å². The molecular weight excluding hydrogens is 725 g/mol. The van der Waals surface area contributed by atoms with Gasteiger partial charge in [0.05, 0.1) is 22.4 Å². The first-order valence-corrected chi connectivity index (χ1v) is 20.6. The van der Waals surface area contributed by atoms with Gasteiger partial charge < -0.3 is 9.47 Å². The van der Waals surface area contributed by atoms with Gasteiger partial charge in [-0.1, -0.05) is 194 Å². The summed E-state index contributed by atoms with van der Waals surface area (Å²) in [6.45, 7) is 0. The summed E-state index contributed by atoms with van der Waals surface area (Å²) in [6.07, 6.45) is 0. The summed E-state index contributed by atoms with van der Waals surface area (Å²) >= 11 is 0.